The Morgan fingerprint density at radius 1 is 1.11 bits per heavy atom. The molecule has 0 unspecified atom stereocenters. The van der Waals surface area contributed by atoms with Gasteiger partial charge in [-0.2, -0.15) is 19.5 Å². The Morgan fingerprint density at radius 2 is 1.97 bits per heavy atom. The SMILES string of the molecule is COC(=O)c1cccc(C2CCN(C[C@@H]3CCCN(c4nc(N)n5nc(-c6ccco6)nc5n4)C3)CC2)c1. The molecule has 1 aromatic carbocycles. The fourth-order valence-electron chi connectivity index (χ4n) is 5.69. The molecule has 0 spiro atoms. The number of likely N-dealkylation sites (tertiary alicyclic amines) is 1. The van der Waals surface area contributed by atoms with Crippen molar-refractivity contribution in [3.63, 3.8) is 0 Å². The standard InChI is InChI=1S/C27H32N8O3/c1-37-24(36)21-7-2-6-20(15-21)19-9-12-33(13-10-19)16-18-5-3-11-34(17-18)26-30-25(28)35-27(31-26)29-23(32-35)22-8-4-14-38-22/h2,4,6-8,14-15,18-19H,3,5,9-13,16-17H2,1H3,(H2,28,29,30,31,32)/t18-/m0/s1. The smallest absolute Gasteiger partial charge is 0.337 e. The molecule has 0 amide bonds. The summed E-state index contributed by atoms with van der Waals surface area (Å²) in [6.45, 7) is 4.93. The number of aromatic nitrogens is 5. The van der Waals surface area contributed by atoms with E-state index in [-0.39, 0.29) is 11.9 Å². The molecule has 2 N–H and O–H groups in total. The third-order valence-electron chi connectivity index (χ3n) is 7.65. The van der Waals surface area contributed by atoms with Crippen molar-refractivity contribution in [1.29, 1.82) is 0 Å². The van der Waals surface area contributed by atoms with Gasteiger partial charge >= 0.3 is 5.97 Å². The maximum atomic E-state index is 11.9. The molecule has 5 heterocycles. The van der Waals surface area contributed by atoms with Gasteiger partial charge in [0.2, 0.25) is 17.7 Å². The summed E-state index contributed by atoms with van der Waals surface area (Å²) in [4.78, 5) is 30.4. The first kappa shape index (κ1) is 24.4. The number of ether oxygens (including phenoxy) is 1. The Morgan fingerprint density at radius 3 is 2.76 bits per heavy atom. The van der Waals surface area contributed by atoms with Crippen molar-refractivity contribution >= 4 is 23.6 Å². The number of anilines is 2. The summed E-state index contributed by atoms with van der Waals surface area (Å²) in [5, 5.41) is 4.39. The number of benzene rings is 1. The molecule has 11 heteroatoms. The number of carbonyl (C=O) groups excluding carboxylic acids is 1. The van der Waals surface area contributed by atoms with Crippen LogP contribution >= 0.6 is 0 Å². The van der Waals surface area contributed by atoms with Gasteiger partial charge < -0.3 is 24.7 Å². The fourth-order valence-corrected chi connectivity index (χ4v) is 5.69. The van der Waals surface area contributed by atoms with Gasteiger partial charge in [0.15, 0.2) is 5.76 Å². The molecule has 2 aliphatic heterocycles. The van der Waals surface area contributed by atoms with Crippen LogP contribution in [0.15, 0.2) is 47.1 Å². The highest BCUT2D eigenvalue weighted by Crippen LogP contribution is 2.30. The van der Waals surface area contributed by atoms with E-state index in [4.69, 9.17) is 14.9 Å². The molecule has 3 aromatic heterocycles. The van der Waals surface area contributed by atoms with E-state index >= 15 is 0 Å². The van der Waals surface area contributed by atoms with Crippen LogP contribution in [0, 0.1) is 5.92 Å². The van der Waals surface area contributed by atoms with Crippen LogP contribution in [0.3, 0.4) is 0 Å². The summed E-state index contributed by atoms with van der Waals surface area (Å²) >= 11 is 0. The lowest BCUT2D eigenvalue weighted by Gasteiger charge is -2.38. The highest BCUT2D eigenvalue weighted by molar-refractivity contribution is 5.89. The predicted molar refractivity (Wildman–Crippen MR) is 142 cm³/mol. The van der Waals surface area contributed by atoms with Crippen molar-refractivity contribution in [2.45, 2.75) is 31.6 Å². The molecule has 2 saturated heterocycles. The predicted octanol–water partition coefficient (Wildman–Crippen LogP) is 3.24. The van der Waals surface area contributed by atoms with Gasteiger partial charge in [-0.3, -0.25) is 0 Å². The summed E-state index contributed by atoms with van der Waals surface area (Å²) in [6.07, 6.45) is 6.02. The Balaban J connectivity index is 1.08. The number of furan rings is 1. The number of piperidine rings is 2. The number of nitrogens with zero attached hydrogens (tertiary/aromatic N) is 7. The minimum atomic E-state index is -0.280. The van der Waals surface area contributed by atoms with E-state index in [2.05, 4.69) is 35.9 Å². The van der Waals surface area contributed by atoms with Gasteiger partial charge in [0.25, 0.3) is 5.78 Å². The molecule has 0 aliphatic carbocycles. The van der Waals surface area contributed by atoms with E-state index in [9.17, 15) is 4.79 Å². The lowest BCUT2D eigenvalue weighted by molar-refractivity contribution is 0.0600. The summed E-state index contributed by atoms with van der Waals surface area (Å²) in [5.74, 6) is 2.99. The molecule has 198 valence electrons. The van der Waals surface area contributed by atoms with E-state index in [0.29, 0.717) is 40.7 Å². The molecule has 6 rings (SSSR count). The average Bonchev–Trinajstić information content (AvgIpc) is 3.64. The molecular weight excluding hydrogens is 484 g/mol. The normalized spacial score (nSPS) is 19.2. The van der Waals surface area contributed by atoms with Gasteiger partial charge in [-0.05, 0) is 80.4 Å². The van der Waals surface area contributed by atoms with E-state index in [1.165, 1.54) is 23.6 Å². The van der Waals surface area contributed by atoms with Crippen molar-refractivity contribution < 1.29 is 13.9 Å². The molecule has 1 atom stereocenters. The molecule has 2 aliphatic rings. The van der Waals surface area contributed by atoms with Crippen molar-refractivity contribution in [2.24, 2.45) is 5.92 Å². The molecule has 4 aromatic rings. The number of esters is 1. The van der Waals surface area contributed by atoms with Crippen molar-refractivity contribution in [3.05, 3.63) is 53.8 Å². The van der Waals surface area contributed by atoms with Gasteiger partial charge in [0.05, 0.1) is 18.9 Å². The minimum absolute atomic E-state index is 0.260. The third kappa shape index (κ3) is 4.93. The Labute approximate surface area is 220 Å². The van der Waals surface area contributed by atoms with Gasteiger partial charge in [-0.15, -0.1) is 5.10 Å². The van der Waals surface area contributed by atoms with Crippen LogP contribution in [-0.4, -0.2) is 75.3 Å². The summed E-state index contributed by atoms with van der Waals surface area (Å²) in [7, 11) is 1.42. The number of hydrogen-bond donors (Lipinski definition) is 1. The zero-order valence-corrected chi connectivity index (χ0v) is 21.5. The van der Waals surface area contributed by atoms with Crippen LogP contribution in [0.4, 0.5) is 11.9 Å². The first-order chi connectivity index (χ1) is 18.6. The summed E-state index contributed by atoms with van der Waals surface area (Å²) < 4.78 is 11.8. The van der Waals surface area contributed by atoms with Crippen molar-refractivity contribution in [3.8, 4) is 11.6 Å². The maximum Gasteiger partial charge on any atom is 0.337 e. The monoisotopic (exact) mass is 516 g/mol. The van der Waals surface area contributed by atoms with Crippen LogP contribution in [0.1, 0.15) is 47.5 Å². The molecule has 2 fully saturated rings. The number of rotatable bonds is 6. The molecule has 11 nitrogen and oxygen atoms in total. The van der Waals surface area contributed by atoms with Gasteiger partial charge in [-0.1, -0.05) is 12.1 Å². The van der Waals surface area contributed by atoms with E-state index in [0.717, 1.165) is 52.0 Å². The number of nitrogens with two attached hydrogens (primary N) is 1. The number of carbonyl (C=O) groups is 1. The first-order valence-corrected chi connectivity index (χ1v) is 13.2. The number of methoxy groups -OCH3 is 1. The van der Waals surface area contributed by atoms with E-state index < -0.39 is 0 Å². The third-order valence-corrected chi connectivity index (χ3v) is 7.65. The lowest BCUT2D eigenvalue weighted by atomic mass is 9.88. The van der Waals surface area contributed by atoms with Crippen molar-refractivity contribution in [2.75, 3.05) is 50.5 Å². The Hall–Kier alpha value is -3.99. The first-order valence-electron chi connectivity index (χ1n) is 13.2. The van der Waals surface area contributed by atoms with Crippen LogP contribution in [0.5, 0.6) is 0 Å². The highest BCUT2D eigenvalue weighted by Gasteiger charge is 2.28. The van der Waals surface area contributed by atoms with Crippen LogP contribution in [-0.2, 0) is 4.74 Å². The molecule has 38 heavy (non-hydrogen) atoms. The quantitative estimate of drug-likeness (QED) is 0.381. The zero-order valence-electron chi connectivity index (χ0n) is 21.5. The minimum Gasteiger partial charge on any atom is -0.465 e. The van der Waals surface area contributed by atoms with E-state index in [1.807, 2.05) is 18.2 Å². The largest absolute Gasteiger partial charge is 0.465 e. The van der Waals surface area contributed by atoms with Crippen LogP contribution < -0.4 is 10.6 Å². The average molecular weight is 517 g/mol. The second-order valence-corrected chi connectivity index (χ2v) is 10.2. The van der Waals surface area contributed by atoms with Gasteiger partial charge in [-0.25, -0.2) is 4.79 Å². The van der Waals surface area contributed by atoms with Crippen LogP contribution in [0.25, 0.3) is 17.4 Å². The number of hydrogen-bond acceptors (Lipinski definition) is 10. The second kappa shape index (κ2) is 10.4. The molecule has 0 radical (unpaired) electrons. The molecule has 0 bridgehead atoms. The highest BCUT2D eigenvalue weighted by atomic mass is 16.5. The Bertz CT molecular complexity index is 1410. The molecule has 0 saturated carbocycles. The zero-order chi connectivity index (χ0) is 26.1. The molecular formula is C27H32N8O3. The number of nitrogen functional groups attached to an aromatic ring is 1. The fraction of sp³-hybridized carbons (Fsp3) is 0.444. The summed E-state index contributed by atoms with van der Waals surface area (Å²) in [5.41, 5.74) is 8.08. The number of fused-ring (bicyclic) bond motifs is 1. The Kier molecular flexibility index (Phi) is 6.67. The van der Waals surface area contributed by atoms with Crippen LogP contribution in [0.2, 0.25) is 0 Å². The van der Waals surface area contributed by atoms with Crippen molar-refractivity contribution in [1.82, 2.24) is 29.5 Å². The second-order valence-electron chi connectivity index (χ2n) is 10.2. The lowest BCUT2D eigenvalue weighted by Crippen LogP contribution is -2.43. The van der Waals surface area contributed by atoms with Gasteiger partial charge in [0.1, 0.15) is 0 Å². The van der Waals surface area contributed by atoms with E-state index in [1.54, 1.807) is 18.4 Å². The van der Waals surface area contributed by atoms with Gasteiger partial charge in [0, 0.05) is 19.6 Å². The summed E-state index contributed by atoms with van der Waals surface area (Å²) in [6, 6.07) is 11.5. The maximum absolute atomic E-state index is 11.9. The topological polar surface area (TPSA) is 128 Å².